The van der Waals surface area contributed by atoms with Crippen LogP contribution in [0.4, 0.5) is 3.89 Å². The zero-order valence-corrected chi connectivity index (χ0v) is 18.1. The zero-order chi connectivity index (χ0) is 20.0. The van der Waals surface area contributed by atoms with Crippen molar-refractivity contribution in [3.63, 3.8) is 0 Å². The fraction of sp³-hybridized carbons (Fsp3) is 0.308. The Morgan fingerprint density at radius 2 is 1.04 bits per heavy atom. The summed E-state index contributed by atoms with van der Waals surface area (Å²) >= 11 is 0. The summed E-state index contributed by atoms with van der Waals surface area (Å²) in [5.41, 5.74) is 3.60. The van der Waals surface area contributed by atoms with E-state index in [-0.39, 0.29) is 0 Å². The standard InChI is InChI=1S/C26H31FS/c1-4-5-6-7-8-23-13-19-26(20-14-23)28(27,24-15-9-21(2)10-16-24)25-17-11-22(3)12-18-25/h9-20H,4-8H2,1-3H3. The quantitative estimate of drug-likeness (QED) is 0.335. The molecule has 0 aliphatic rings. The predicted molar refractivity (Wildman–Crippen MR) is 120 cm³/mol. The van der Waals surface area contributed by atoms with Gasteiger partial charge in [0.05, 0.1) is 0 Å². The summed E-state index contributed by atoms with van der Waals surface area (Å²) in [5.74, 6) is 0. The lowest BCUT2D eigenvalue weighted by atomic mass is 10.1. The van der Waals surface area contributed by atoms with Crippen LogP contribution >= 0.6 is 10.4 Å². The van der Waals surface area contributed by atoms with E-state index in [2.05, 4.69) is 19.1 Å². The molecule has 0 aliphatic carbocycles. The van der Waals surface area contributed by atoms with Gasteiger partial charge in [-0.3, -0.25) is 0 Å². The molecule has 0 aliphatic heterocycles. The van der Waals surface area contributed by atoms with Gasteiger partial charge in [-0.05, 0) is 79.1 Å². The first-order chi connectivity index (χ1) is 13.5. The van der Waals surface area contributed by atoms with Crippen LogP contribution < -0.4 is 0 Å². The van der Waals surface area contributed by atoms with E-state index < -0.39 is 10.4 Å². The van der Waals surface area contributed by atoms with Crippen LogP contribution in [0, 0.1) is 13.8 Å². The van der Waals surface area contributed by atoms with Gasteiger partial charge in [0.2, 0.25) is 0 Å². The number of hydrogen-bond acceptors (Lipinski definition) is 0. The van der Waals surface area contributed by atoms with Crippen molar-refractivity contribution in [2.75, 3.05) is 0 Å². The molecule has 0 heterocycles. The van der Waals surface area contributed by atoms with E-state index in [0.717, 1.165) is 32.2 Å². The van der Waals surface area contributed by atoms with Crippen LogP contribution in [0.3, 0.4) is 0 Å². The molecule has 28 heavy (non-hydrogen) atoms. The third kappa shape index (κ3) is 4.67. The van der Waals surface area contributed by atoms with E-state index in [9.17, 15) is 0 Å². The lowest BCUT2D eigenvalue weighted by molar-refractivity contribution is 0.666. The Kier molecular flexibility index (Phi) is 6.96. The fourth-order valence-electron chi connectivity index (χ4n) is 3.46. The van der Waals surface area contributed by atoms with E-state index in [1.807, 2.05) is 74.5 Å². The molecule has 148 valence electrons. The lowest BCUT2D eigenvalue weighted by Crippen LogP contribution is -1.99. The number of halogens is 1. The highest BCUT2D eigenvalue weighted by molar-refractivity contribution is 8.29. The van der Waals surface area contributed by atoms with Crippen LogP contribution in [0.5, 0.6) is 0 Å². The highest BCUT2D eigenvalue weighted by Crippen LogP contribution is 2.69. The maximum absolute atomic E-state index is 16.8. The molecule has 0 atom stereocenters. The van der Waals surface area contributed by atoms with Crippen molar-refractivity contribution < 1.29 is 3.89 Å². The van der Waals surface area contributed by atoms with Gasteiger partial charge in [0, 0.05) is 14.7 Å². The van der Waals surface area contributed by atoms with Crippen LogP contribution in [0.1, 0.15) is 49.3 Å². The van der Waals surface area contributed by atoms with Gasteiger partial charge in [-0.2, -0.15) is 3.89 Å². The molecular formula is C26H31FS. The molecule has 3 rings (SSSR count). The van der Waals surface area contributed by atoms with E-state index in [1.165, 1.54) is 31.2 Å². The second-order valence-electron chi connectivity index (χ2n) is 7.62. The van der Waals surface area contributed by atoms with Gasteiger partial charge in [-0.15, -0.1) is 0 Å². The minimum Gasteiger partial charge on any atom is -0.175 e. The molecule has 0 nitrogen and oxygen atoms in total. The molecular weight excluding hydrogens is 363 g/mol. The van der Waals surface area contributed by atoms with Gasteiger partial charge < -0.3 is 0 Å². The van der Waals surface area contributed by atoms with E-state index in [0.29, 0.717) is 0 Å². The molecule has 2 heteroatoms. The van der Waals surface area contributed by atoms with Gasteiger partial charge in [0.1, 0.15) is 0 Å². The van der Waals surface area contributed by atoms with Gasteiger partial charge in [-0.1, -0.05) is 73.7 Å². The summed E-state index contributed by atoms with van der Waals surface area (Å²) in [5, 5.41) is 0. The Bertz CT molecular complexity index is 818. The third-order valence-corrected chi connectivity index (χ3v) is 8.02. The molecule has 3 aromatic carbocycles. The summed E-state index contributed by atoms with van der Waals surface area (Å²) in [6, 6.07) is 24.1. The van der Waals surface area contributed by atoms with E-state index >= 15 is 3.89 Å². The van der Waals surface area contributed by atoms with Crippen LogP contribution in [-0.2, 0) is 6.42 Å². The van der Waals surface area contributed by atoms with Gasteiger partial charge >= 0.3 is 0 Å². The summed E-state index contributed by atoms with van der Waals surface area (Å²) in [7, 11) is -2.75. The van der Waals surface area contributed by atoms with Crippen molar-refractivity contribution in [3.8, 4) is 0 Å². The van der Waals surface area contributed by atoms with Crippen LogP contribution in [0.15, 0.2) is 87.5 Å². The van der Waals surface area contributed by atoms with Crippen LogP contribution in [0.2, 0.25) is 0 Å². The third-order valence-electron chi connectivity index (χ3n) is 5.26. The molecule has 0 amide bonds. The first-order valence-electron chi connectivity index (χ1n) is 10.3. The molecule has 0 fully saturated rings. The summed E-state index contributed by atoms with van der Waals surface area (Å²) in [4.78, 5) is 2.30. The second kappa shape index (κ2) is 9.43. The van der Waals surface area contributed by atoms with Crippen molar-refractivity contribution in [2.45, 2.75) is 67.6 Å². The monoisotopic (exact) mass is 394 g/mol. The second-order valence-corrected chi connectivity index (χ2v) is 10.1. The maximum Gasteiger partial charge on any atom is 0.0263 e. The summed E-state index contributed by atoms with van der Waals surface area (Å²) in [6.45, 7) is 6.31. The Morgan fingerprint density at radius 3 is 1.46 bits per heavy atom. The Labute approximate surface area is 171 Å². The molecule has 0 saturated heterocycles. The molecule has 0 spiro atoms. The van der Waals surface area contributed by atoms with Crippen molar-refractivity contribution in [1.82, 2.24) is 0 Å². The molecule has 0 N–H and O–H groups in total. The zero-order valence-electron chi connectivity index (χ0n) is 17.2. The fourth-order valence-corrected chi connectivity index (χ4v) is 5.81. The minimum atomic E-state index is -2.75. The Hall–Kier alpha value is -2.06. The number of aryl methyl sites for hydroxylation is 3. The molecule has 0 saturated carbocycles. The van der Waals surface area contributed by atoms with Crippen molar-refractivity contribution >= 4 is 10.4 Å². The molecule has 0 radical (unpaired) electrons. The topological polar surface area (TPSA) is 0 Å². The predicted octanol–water partition coefficient (Wildman–Crippen LogP) is 8.59. The first kappa shape index (κ1) is 20.7. The maximum atomic E-state index is 16.8. The summed E-state index contributed by atoms with van der Waals surface area (Å²) in [6.07, 6.45) is 6.08. The average Bonchev–Trinajstić information content (AvgIpc) is 2.72. The molecule has 3 aromatic rings. The smallest absolute Gasteiger partial charge is 0.0263 e. The van der Waals surface area contributed by atoms with E-state index in [4.69, 9.17) is 0 Å². The van der Waals surface area contributed by atoms with Crippen molar-refractivity contribution in [1.29, 1.82) is 0 Å². The van der Waals surface area contributed by atoms with Crippen molar-refractivity contribution in [3.05, 3.63) is 89.5 Å². The normalized spacial score (nSPS) is 12.1. The minimum absolute atomic E-state index is 0.762. The number of benzene rings is 3. The SMILES string of the molecule is CCCCCCc1ccc(S(F)(c2ccc(C)cc2)c2ccc(C)cc2)cc1. The Balaban J connectivity index is 1.95. The molecule has 0 unspecified atom stereocenters. The number of hydrogen-bond donors (Lipinski definition) is 0. The highest BCUT2D eigenvalue weighted by Gasteiger charge is 2.31. The molecule has 0 bridgehead atoms. The first-order valence-corrected chi connectivity index (χ1v) is 11.8. The lowest BCUT2D eigenvalue weighted by Gasteiger charge is -2.32. The van der Waals surface area contributed by atoms with Gasteiger partial charge in [-0.25, -0.2) is 0 Å². The van der Waals surface area contributed by atoms with Crippen LogP contribution in [-0.4, -0.2) is 0 Å². The van der Waals surface area contributed by atoms with E-state index in [1.54, 1.807) is 0 Å². The average molecular weight is 395 g/mol. The Morgan fingerprint density at radius 1 is 0.607 bits per heavy atom. The van der Waals surface area contributed by atoms with Gasteiger partial charge in [0.15, 0.2) is 0 Å². The number of rotatable bonds is 8. The van der Waals surface area contributed by atoms with Crippen molar-refractivity contribution in [2.24, 2.45) is 0 Å². The summed E-state index contributed by atoms with van der Waals surface area (Å²) < 4.78 is 16.8. The number of unbranched alkanes of at least 4 members (excludes halogenated alkanes) is 3. The molecule has 0 aromatic heterocycles. The van der Waals surface area contributed by atoms with Gasteiger partial charge in [0.25, 0.3) is 0 Å². The van der Waals surface area contributed by atoms with Crippen LogP contribution in [0.25, 0.3) is 0 Å². The largest absolute Gasteiger partial charge is 0.175 e. The highest BCUT2D eigenvalue weighted by atomic mass is 32.3.